The molecule has 0 saturated carbocycles. The Morgan fingerprint density at radius 2 is 2.22 bits per heavy atom. The summed E-state index contributed by atoms with van der Waals surface area (Å²) in [6, 6.07) is 5.06. The summed E-state index contributed by atoms with van der Waals surface area (Å²) in [6.45, 7) is 0. The lowest BCUT2D eigenvalue weighted by molar-refractivity contribution is -0.112. The first-order valence-electron chi connectivity index (χ1n) is 6.33. The molecule has 0 aliphatic carbocycles. The minimum atomic E-state index is -0.548. The van der Waals surface area contributed by atoms with Gasteiger partial charge >= 0.3 is 0 Å². The highest BCUT2D eigenvalue weighted by molar-refractivity contribution is 7.13. The Kier molecular flexibility index (Phi) is 5.57. The summed E-state index contributed by atoms with van der Waals surface area (Å²) in [5.41, 5.74) is 0.460. The van der Waals surface area contributed by atoms with Gasteiger partial charge in [0.1, 0.15) is 11.6 Å². The molecule has 0 bridgehead atoms. The van der Waals surface area contributed by atoms with Crippen molar-refractivity contribution in [2.75, 3.05) is 19.5 Å². The van der Waals surface area contributed by atoms with E-state index >= 15 is 0 Å². The molecule has 118 valence electrons. The summed E-state index contributed by atoms with van der Waals surface area (Å²) in [4.78, 5) is 16.0. The highest BCUT2D eigenvalue weighted by atomic mass is 35.5. The Hall–Kier alpha value is -2.56. The van der Waals surface area contributed by atoms with Gasteiger partial charge in [0.15, 0.2) is 16.6 Å². The summed E-state index contributed by atoms with van der Waals surface area (Å²) in [5.74, 6) is 0.245. The number of anilines is 1. The van der Waals surface area contributed by atoms with Gasteiger partial charge in [-0.05, 0) is 23.8 Å². The van der Waals surface area contributed by atoms with Crippen LogP contribution in [0.15, 0.2) is 29.3 Å². The van der Waals surface area contributed by atoms with E-state index in [-0.39, 0.29) is 5.57 Å². The zero-order valence-electron chi connectivity index (χ0n) is 12.3. The second-order valence-corrected chi connectivity index (χ2v) is 5.50. The van der Waals surface area contributed by atoms with Crippen LogP contribution in [0.4, 0.5) is 5.13 Å². The van der Waals surface area contributed by atoms with Crippen molar-refractivity contribution in [3.8, 4) is 17.6 Å². The molecule has 0 spiro atoms. The van der Waals surface area contributed by atoms with Crippen LogP contribution < -0.4 is 14.8 Å². The lowest BCUT2D eigenvalue weighted by Gasteiger charge is -2.10. The zero-order chi connectivity index (χ0) is 16.8. The molecule has 2 rings (SSSR count). The summed E-state index contributed by atoms with van der Waals surface area (Å²) in [6.07, 6.45) is 2.97. The van der Waals surface area contributed by atoms with Gasteiger partial charge in [0.2, 0.25) is 0 Å². The number of aromatic nitrogens is 1. The predicted molar refractivity (Wildman–Crippen MR) is 88.9 cm³/mol. The van der Waals surface area contributed by atoms with E-state index in [1.54, 1.807) is 23.7 Å². The van der Waals surface area contributed by atoms with Gasteiger partial charge in [0, 0.05) is 11.6 Å². The first-order chi connectivity index (χ1) is 11.1. The molecule has 0 fully saturated rings. The zero-order valence-corrected chi connectivity index (χ0v) is 13.9. The lowest BCUT2D eigenvalue weighted by atomic mass is 10.1. The molecule has 1 amide bonds. The number of amides is 1. The van der Waals surface area contributed by atoms with Crippen LogP contribution in [0.2, 0.25) is 5.02 Å². The van der Waals surface area contributed by atoms with Gasteiger partial charge < -0.3 is 9.47 Å². The van der Waals surface area contributed by atoms with E-state index in [0.717, 1.165) is 0 Å². The first kappa shape index (κ1) is 16.8. The molecular formula is C15H12ClN3O3S. The Morgan fingerprint density at radius 1 is 1.43 bits per heavy atom. The van der Waals surface area contributed by atoms with Gasteiger partial charge in [0.05, 0.1) is 19.2 Å². The second-order valence-electron chi connectivity index (χ2n) is 4.20. The number of hydrogen-bond donors (Lipinski definition) is 1. The van der Waals surface area contributed by atoms with Gasteiger partial charge in [-0.2, -0.15) is 5.26 Å². The van der Waals surface area contributed by atoms with Crippen LogP contribution in [0.3, 0.4) is 0 Å². The van der Waals surface area contributed by atoms with Gasteiger partial charge in [-0.1, -0.05) is 11.6 Å². The monoisotopic (exact) mass is 349 g/mol. The lowest BCUT2D eigenvalue weighted by Crippen LogP contribution is -2.13. The number of carbonyl (C=O) groups is 1. The van der Waals surface area contributed by atoms with E-state index in [9.17, 15) is 10.1 Å². The van der Waals surface area contributed by atoms with Crippen LogP contribution in [0.1, 0.15) is 5.56 Å². The fraction of sp³-hybridized carbons (Fsp3) is 0.133. The number of hydrogen-bond acceptors (Lipinski definition) is 6. The second kappa shape index (κ2) is 7.63. The van der Waals surface area contributed by atoms with Crippen molar-refractivity contribution >= 4 is 40.1 Å². The minimum Gasteiger partial charge on any atom is -0.493 e. The highest BCUT2D eigenvalue weighted by Crippen LogP contribution is 2.36. The topological polar surface area (TPSA) is 84.2 Å². The molecule has 8 heteroatoms. The molecule has 23 heavy (non-hydrogen) atoms. The number of nitrogens with one attached hydrogen (secondary N) is 1. The molecule has 0 atom stereocenters. The fourth-order valence-corrected chi connectivity index (χ4v) is 2.61. The molecule has 0 aliphatic rings. The SMILES string of the molecule is COc1cc(/C=C(\C#N)C(=O)Nc2nccs2)cc(Cl)c1OC. The third-order valence-corrected chi connectivity index (χ3v) is 3.75. The van der Waals surface area contributed by atoms with E-state index in [2.05, 4.69) is 10.3 Å². The third-order valence-electron chi connectivity index (χ3n) is 2.78. The van der Waals surface area contributed by atoms with Crippen molar-refractivity contribution in [1.82, 2.24) is 4.98 Å². The Morgan fingerprint density at radius 3 is 2.78 bits per heavy atom. The third kappa shape index (κ3) is 4.00. The average molecular weight is 350 g/mol. The molecule has 2 aromatic rings. The number of thiazole rings is 1. The maximum atomic E-state index is 12.1. The minimum absolute atomic E-state index is 0.0801. The summed E-state index contributed by atoms with van der Waals surface area (Å²) in [7, 11) is 2.95. The maximum absolute atomic E-state index is 12.1. The normalized spacial score (nSPS) is 10.8. The molecular weight excluding hydrogens is 338 g/mol. The van der Waals surface area contributed by atoms with E-state index in [4.69, 9.17) is 21.1 Å². The summed E-state index contributed by atoms with van der Waals surface area (Å²) in [5, 5.41) is 14.2. The smallest absolute Gasteiger partial charge is 0.268 e. The van der Waals surface area contributed by atoms with Crippen LogP contribution in [0.25, 0.3) is 6.08 Å². The van der Waals surface area contributed by atoms with Crippen LogP contribution in [0.5, 0.6) is 11.5 Å². The average Bonchev–Trinajstić information content (AvgIpc) is 3.04. The number of rotatable bonds is 5. The molecule has 0 unspecified atom stereocenters. The van der Waals surface area contributed by atoms with Gasteiger partial charge in [-0.25, -0.2) is 4.98 Å². The number of methoxy groups -OCH3 is 2. The van der Waals surface area contributed by atoms with Crippen LogP contribution in [0, 0.1) is 11.3 Å². The van der Waals surface area contributed by atoms with Crippen molar-refractivity contribution < 1.29 is 14.3 Å². The van der Waals surface area contributed by atoms with E-state index in [1.807, 2.05) is 6.07 Å². The number of nitrogens with zero attached hydrogens (tertiary/aromatic N) is 2. The van der Waals surface area contributed by atoms with Crippen LogP contribution in [-0.4, -0.2) is 25.1 Å². The number of carbonyl (C=O) groups excluding carboxylic acids is 1. The van der Waals surface area contributed by atoms with Crippen LogP contribution in [-0.2, 0) is 4.79 Å². The highest BCUT2D eigenvalue weighted by Gasteiger charge is 2.14. The van der Waals surface area contributed by atoms with Gasteiger partial charge in [-0.3, -0.25) is 10.1 Å². The summed E-state index contributed by atoms with van der Waals surface area (Å²) >= 11 is 7.37. The molecule has 1 aromatic carbocycles. The number of nitriles is 1. The van der Waals surface area contributed by atoms with E-state index in [0.29, 0.717) is 27.2 Å². The molecule has 0 aliphatic heterocycles. The number of benzene rings is 1. The van der Waals surface area contributed by atoms with Crippen molar-refractivity contribution in [2.45, 2.75) is 0 Å². The fourth-order valence-electron chi connectivity index (χ4n) is 1.79. The van der Waals surface area contributed by atoms with Crippen molar-refractivity contribution in [1.29, 1.82) is 5.26 Å². The first-order valence-corrected chi connectivity index (χ1v) is 7.59. The largest absolute Gasteiger partial charge is 0.493 e. The van der Waals surface area contributed by atoms with Crippen molar-refractivity contribution in [3.63, 3.8) is 0 Å². The van der Waals surface area contributed by atoms with Crippen molar-refractivity contribution in [2.24, 2.45) is 0 Å². The van der Waals surface area contributed by atoms with E-state index < -0.39 is 5.91 Å². The molecule has 0 saturated heterocycles. The summed E-state index contributed by atoms with van der Waals surface area (Å²) < 4.78 is 10.3. The van der Waals surface area contributed by atoms with Crippen molar-refractivity contribution in [3.05, 3.63) is 39.9 Å². The molecule has 1 aromatic heterocycles. The number of halogens is 1. The molecule has 6 nitrogen and oxygen atoms in total. The Labute approximate surface area is 141 Å². The standard InChI is InChI=1S/C15H12ClN3O3S/c1-21-12-7-9(6-11(16)13(12)22-2)5-10(8-17)14(20)19-15-18-3-4-23-15/h3-7H,1-2H3,(H,18,19,20)/b10-5+. The quantitative estimate of drug-likeness (QED) is 0.661. The number of ether oxygens (including phenoxy) is 2. The predicted octanol–water partition coefficient (Wildman–Crippen LogP) is 3.36. The van der Waals surface area contributed by atoms with Gasteiger partial charge in [-0.15, -0.1) is 11.3 Å². The molecule has 1 N–H and O–H groups in total. The molecule has 0 radical (unpaired) electrons. The Balaban J connectivity index is 2.32. The van der Waals surface area contributed by atoms with Gasteiger partial charge in [0.25, 0.3) is 5.91 Å². The maximum Gasteiger partial charge on any atom is 0.268 e. The molecule has 1 heterocycles. The van der Waals surface area contributed by atoms with Crippen LogP contribution >= 0.6 is 22.9 Å². The Bertz CT molecular complexity index is 782. The van der Waals surface area contributed by atoms with E-state index in [1.165, 1.54) is 31.6 Å².